The standard InChI is InChI=1S/C6H13O6.Au/c7-1-3(9)5(11)6(12)4(10)2-8;/h1,3-12H,2H2;/t3-,4+,5+,6+;/m0./s1. The third-order valence-corrected chi connectivity index (χ3v) is 2.28. The number of hydrogen-bond donors (Lipinski definition) is 6. The molecule has 1 unspecified atom stereocenters. The van der Waals surface area contributed by atoms with E-state index in [-0.39, 0.29) is 0 Å². The van der Waals surface area contributed by atoms with Crippen LogP contribution >= 0.6 is 0 Å². The minimum absolute atomic E-state index is 0.736. The first-order valence-electron chi connectivity index (χ1n) is 3.52. The molecule has 6 nitrogen and oxygen atoms in total. The molecule has 0 aliphatic heterocycles. The number of aliphatic hydroxyl groups is 6. The Morgan fingerprint density at radius 1 is 0.846 bits per heavy atom. The molecule has 84 valence electrons. The van der Waals surface area contributed by atoms with Gasteiger partial charge in [-0.3, -0.25) is 0 Å². The van der Waals surface area contributed by atoms with Crippen LogP contribution in [0.3, 0.4) is 0 Å². The zero-order valence-corrected chi connectivity index (χ0v) is 8.75. The Morgan fingerprint density at radius 2 is 1.31 bits per heavy atom. The summed E-state index contributed by atoms with van der Waals surface area (Å²) >= 11 is 1.63. The third kappa shape index (κ3) is 4.03. The van der Waals surface area contributed by atoms with Crippen molar-refractivity contribution in [3.8, 4) is 0 Å². The van der Waals surface area contributed by atoms with E-state index in [4.69, 9.17) is 30.6 Å². The van der Waals surface area contributed by atoms with E-state index in [0.29, 0.717) is 0 Å². The average Bonchev–Trinajstić information content (AvgIpc) is 2.12. The van der Waals surface area contributed by atoms with Crippen molar-refractivity contribution >= 4 is 0 Å². The summed E-state index contributed by atoms with van der Waals surface area (Å²) in [7, 11) is 0. The van der Waals surface area contributed by atoms with Gasteiger partial charge in [0.2, 0.25) is 0 Å². The first kappa shape index (κ1) is 13.5. The van der Waals surface area contributed by atoms with Crippen molar-refractivity contribution in [2.24, 2.45) is 0 Å². The summed E-state index contributed by atoms with van der Waals surface area (Å²) in [6, 6.07) is 0. The Labute approximate surface area is 87.4 Å². The molecule has 0 radical (unpaired) electrons. The van der Waals surface area contributed by atoms with Crippen LogP contribution in [0.1, 0.15) is 0 Å². The molecule has 0 heterocycles. The van der Waals surface area contributed by atoms with Crippen LogP contribution < -0.4 is 0 Å². The first-order chi connectivity index (χ1) is 5.91. The molecule has 6 N–H and O–H groups in total. The molecule has 0 saturated heterocycles. The Kier molecular flexibility index (Phi) is 6.31. The van der Waals surface area contributed by atoms with Gasteiger partial charge >= 0.3 is 87.1 Å². The maximum atomic E-state index is 9.12. The van der Waals surface area contributed by atoms with E-state index in [1.807, 2.05) is 0 Å². The molecule has 0 amide bonds. The van der Waals surface area contributed by atoms with Crippen molar-refractivity contribution in [1.82, 2.24) is 0 Å². The molecule has 0 aromatic heterocycles. The van der Waals surface area contributed by atoms with Crippen LogP contribution in [0.2, 0.25) is 0 Å². The van der Waals surface area contributed by atoms with E-state index in [1.165, 1.54) is 0 Å². The van der Waals surface area contributed by atoms with E-state index in [1.54, 1.807) is 21.1 Å². The van der Waals surface area contributed by atoms with Gasteiger partial charge in [0.1, 0.15) is 0 Å². The molecular weight excluding hydrogens is 365 g/mol. The summed E-state index contributed by atoms with van der Waals surface area (Å²) in [5, 5.41) is 53.3. The summed E-state index contributed by atoms with van der Waals surface area (Å²) in [6.45, 7) is -0.736. The molecule has 0 fully saturated rings. The molecule has 0 rings (SSSR count). The Morgan fingerprint density at radius 3 is 1.62 bits per heavy atom. The molecular formula is C6H13AuO6. The number of rotatable bonds is 5. The third-order valence-electron chi connectivity index (χ3n) is 1.54. The molecule has 0 aliphatic rings. The van der Waals surface area contributed by atoms with E-state index in [0.717, 1.165) is 0 Å². The fraction of sp³-hybridized carbons (Fsp3) is 1.00. The van der Waals surface area contributed by atoms with Crippen LogP contribution in [0.5, 0.6) is 0 Å². The predicted octanol–water partition coefficient (Wildman–Crippen LogP) is -3.71. The van der Waals surface area contributed by atoms with Crippen molar-refractivity contribution in [3.63, 3.8) is 0 Å². The molecule has 0 aromatic carbocycles. The second kappa shape index (κ2) is 6.07. The molecule has 5 atom stereocenters. The van der Waals surface area contributed by atoms with Crippen molar-refractivity contribution < 1.29 is 51.7 Å². The zero-order chi connectivity index (χ0) is 10.6. The summed E-state index contributed by atoms with van der Waals surface area (Å²) in [4.78, 5) is 0. The van der Waals surface area contributed by atoms with Crippen LogP contribution in [-0.2, 0) is 21.1 Å². The molecule has 0 saturated carbocycles. The second-order valence-corrected chi connectivity index (χ2v) is 3.83. The molecule has 0 aliphatic carbocycles. The predicted molar refractivity (Wildman–Crippen MR) is 37.1 cm³/mol. The SMILES string of the molecule is OC[C@@H](O)[C@@H](O)[C@H](O)[C@@H](O)[CH](O)[Au]. The second-order valence-electron chi connectivity index (χ2n) is 2.55. The number of aliphatic hydroxyl groups excluding tert-OH is 6. The molecule has 7 heteroatoms. The van der Waals surface area contributed by atoms with Gasteiger partial charge in [0, 0.05) is 0 Å². The summed E-state index contributed by atoms with van der Waals surface area (Å²) in [5.41, 5.74) is 0. The summed E-state index contributed by atoms with van der Waals surface area (Å²) < 4.78 is -1.28. The van der Waals surface area contributed by atoms with Crippen molar-refractivity contribution in [3.05, 3.63) is 0 Å². The van der Waals surface area contributed by atoms with Crippen LogP contribution in [0.15, 0.2) is 0 Å². The van der Waals surface area contributed by atoms with Crippen LogP contribution in [0, 0.1) is 0 Å². The quantitative estimate of drug-likeness (QED) is 0.274. The van der Waals surface area contributed by atoms with Gasteiger partial charge in [0.25, 0.3) is 0 Å². The van der Waals surface area contributed by atoms with Gasteiger partial charge in [-0.1, -0.05) is 0 Å². The van der Waals surface area contributed by atoms with Gasteiger partial charge in [-0.25, -0.2) is 0 Å². The maximum absolute atomic E-state index is 9.12. The van der Waals surface area contributed by atoms with E-state index >= 15 is 0 Å². The molecule has 0 spiro atoms. The Balaban J connectivity index is 4.15. The first-order valence-corrected chi connectivity index (χ1v) is 4.77. The van der Waals surface area contributed by atoms with Gasteiger partial charge in [0.15, 0.2) is 0 Å². The normalized spacial score (nSPS) is 23.4. The summed E-state index contributed by atoms with van der Waals surface area (Å²) in [5.74, 6) is 0. The van der Waals surface area contributed by atoms with Crippen LogP contribution in [-0.4, -0.2) is 66.0 Å². The van der Waals surface area contributed by atoms with Gasteiger partial charge in [-0.05, 0) is 0 Å². The van der Waals surface area contributed by atoms with Gasteiger partial charge in [-0.15, -0.1) is 0 Å². The van der Waals surface area contributed by atoms with Crippen LogP contribution in [0.25, 0.3) is 0 Å². The van der Waals surface area contributed by atoms with Gasteiger partial charge in [0.05, 0.1) is 0 Å². The van der Waals surface area contributed by atoms with Crippen LogP contribution in [0.4, 0.5) is 0 Å². The Hall–Kier alpha value is 0.500. The monoisotopic (exact) mass is 378 g/mol. The molecule has 0 aromatic rings. The van der Waals surface area contributed by atoms with E-state index < -0.39 is 35.3 Å². The van der Waals surface area contributed by atoms with Crippen molar-refractivity contribution in [1.29, 1.82) is 0 Å². The average molecular weight is 378 g/mol. The molecule has 13 heavy (non-hydrogen) atoms. The summed E-state index contributed by atoms with van der Waals surface area (Å²) in [6.07, 6.45) is -6.53. The Bertz CT molecular complexity index is 143. The fourth-order valence-corrected chi connectivity index (χ4v) is 1.11. The minimum atomic E-state index is -1.71. The van der Waals surface area contributed by atoms with Gasteiger partial charge < -0.3 is 0 Å². The van der Waals surface area contributed by atoms with Crippen molar-refractivity contribution in [2.75, 3.05) is 6.61 Å². The zero-order valence-electron chi connectivity index (χ0n) is 6.58. The van der Waals surface area contributed by atoms with E-state index in [9.17, 15) is 0 Å². The fourth-order valence-electron chi connectivity index (χ4n) is 0.685. The topological polar surface area (TPSA) is 121 Å². The van der Waals surface area contributed by atoms with Crippen molar-refractivity contribution in [2.45, 2.75) is 28.7 Å². The van der Waals surface area contributed by atoms with E-state index in [2.05, 4.69) is 0 Å². The number of hydrogen-bond acceptors (Lipinski definition) is 6. The molecule has 0 bridgehead atoms. The van der Waals surface area contributed by atoms with Gasteiger partial charge in [-0.2, -0.15) is 0 Å².